The number of hydrogen-bond donors (Lipinski definition) is 2. The summed E-state index contributed by atoms with van der Waals surface area (Å²) < 4.78 is 0. The molecule has 2 aliphatic heterocycles. The molecule has 4 aromatic rings. The van der Waals surface area contributed by atoms with Crippen LogP contribution < -0.4 is 10.6 Å². The van der Waals surface area contributed by atoms with Crippen molar-refractivity contribution in [2.45, 2.75) is 54.9 Å². The van der Waals surface area contributed by atoms with Crippen molar-refractivity contribution in [1.29, 1.82) is 0 Å². The van der Waals surface area contributed by atoms with Crippen molar-refractivity contribution in [3.63, 3.8) is 0 Å². The van der Waals surface area contributed by atoms with Gasteiger partial charge < -0.3 is 15.5 Å². The first-order valence-electron chi connectivity index (χ1n) is 14.4. The smallest absolute Gasteiger partial charge is 0.256 e. The minimum atomic E-state index is -0.187. The lowest BCUT2D eigenvalue weighted by Crippen LogP contribution is -2.30. The molecular weight excluding hydrogens is 549 g/mol. The molecular formula is C33H34N4O2S2. The van der Waals surface area contributed by atoms with Crippen LogP contribution in [-0.4, -0.2) is 41.3 Å². The highest BCUT2D eigenvalue weighted by molar-refractivity contribution is 7.99. The number of piperidine rings is 1. The first-order valence-corrected chi connectivity index (χ1v) is 16.0. The van der Waals surface area contributed by atoms with Crippen molar-refractivity contribution in [3.05, 3.63) is 94.5 Å². The number of amides is 2. The molecule has 0 bridgehead atoms. The third kappa shape index (κ3) is 6.89. The van der Waals surface area contributed by atoms with E-state index in [-0.39, 0.29) is 11.8 Å². The number of fused-ring (bicyclic) bond motifs is 2. The van der Waals surface area contributed by atoms with E-state index in [1.807, 2.05) is 36.5 Å². The number of aromatic nitrogens is 1. The van der Waals surface area contributed by atoms with Crippen molar-refractivity contribution in [2.24, 2.45) is 0 Å². The van der Waals surface area contributed by atoms with Crippen LogP contribution in [-0.2, 0) is 13.0 Å². The molecule has 3 aromatic carbocycles. The van der Waals surface area contributed by atoms with Gasteiger partial charge in [0.1, 0.15) is 5.01 Å². The minimum Gasteiger partial charge on any atom is -0.347 e. The van der Waals surface area contributed by atoms with E-state index >= 15 is 0 Å². The van der Waals surface area contributed by atoms with E-state index in [1.165, 1.54) is 69.1 Å². The number of unbranched alkanes of at least 4 members (excludes halogenated alkanes) is 1. The second-order valence-corrected chi connectivity index (χ2v) is 12.8. The maximum atomic E-state index is 13.0. The Bertz CT molecular complexity index is 1530. The number of aryl methyl sites for hydroxylation is 1. The highest BCUT2D eigenvalue weighted by Gasteiger charge is 2.21. The predicted molar refractivity (Wildman–Crippen MR) is 167 cm³/mol. The molecule has 0 unspecified atom stereocenters. The summed E-state index contributed by atoms with van der Waals surface area (Å²) in [7, 11) is 0. The first-order chi connectivity index (χ1) is 20.1. The number of nitrogens with zero attached hydrogens (tertiary/aromatic N) is 2. The second-order valence-electron chi connectivity index (χ2n) is 10.6. The number of nitrogens with one attached hydrogen (secondary N) is 2. The zero-order valence-electron chi connectivity index (χ0n) is 23.0. The van der Waals surface area contributed by atoms with Crippen LogP contribution in [0.5, 0.6) is 0 Å². The van der Waals surface area contributed by atoms with Crippen LogP contribution in [0.25, 0.3) is 10.6 Å². The number of benzene rings is 3. The molecule has 8 heteroatoms. The normalized spacial score (nSPS) is 15.0. The Morgan fingerprint density at radius 3 is 2.63 bits per heavy atom. The SMILES string of the molecule is O=C(NCc1cnc(-c2ccc(CCCCN3CCCCC3)cc2)s1)c1ccc2c(c1)NC(=O)c1ccccc1S2. The fourth-order valence-corrected chi connectivity index (χ4v) is 7.23. The second kappa shape index (κ2) is 13.0. The molecule has 210 valence electrons. The number of carbonyl (C=O) groups is 2. The van der Waals surface area contributed by atoms with E-state index in [0.717, 1.165) is 31.7 Å². The summed E-state index contributed by atoms with van der Waals surface area (Å²) in [5.41, 5.74) is 4.26. The highest BCUT2D eigenvalue weighted by atomic mass is 32.2. The van der Waals surface area contributed by atoms with Crippen LogP contribution in [0.4, 0.5) is 5.69 Å². The minimum absolute atomic E-state index is 0.164. The van der Waals surface area contributed by atoms with Gasteiger partial charge in [-0.25, -0.2) is 4.98 Å². The Labute approximate surface area is 249 Å². The zero-order valence-corrected chi connectivity index (χ0v) is 24.7. The van der Waals surface area contributed by atoms with Crippen LogP contribution >= 0.6 is 23.1 Å². The van der Waals surface area contributed by atoms with Crippen molar-refractivity contribution in [2.75, 3.05) is 25.0 Å². The Morgan fingerprint density at radius 1 is 0.951 bits per heavy atom. The molecule has 0 radical (unpaired) electrons. The monoisotopic (exact) mass is 582 g/mol. The average molecular weight is 583 g/mol. The maximum Gasteiger partial charge on any atom is 0.256 e. The van der Waals surface area contributed by atoms with Crippen LogP contribution in [0, 0.1) is 0 Å². The molecule has 1 aromatic heterocycles. The molecule has 0 aliphatic carbocycles. The van der Waals surface area contributed by atoms with Gasteiger partial charge in [-0.1, -0.05) is 54.6 Å². The molecule has 6 rings (SSSR count). The zero-order chi connectivity index (χ0) is 28.0. The molecule has 1 fully saturated rings. The quantitative estimate of drug-likeness (QED) is 0.203. The Balaban J connectivity index is 1.00. The number of rotatable bonds is 9. The van der Waals surface area contributed by atoms with Crippen LogP contribution in [0.15, 0.2) is 82.7 Å². The van der Waals surface area contributed by atoms with Gasteiger partial charge in [0.15, 0.2) is 0 Å². The molecule has 0 spiro atoms. The third-order valence-corrected chi connectivity index (χ3v) is 9.86. The molecule has 1 saturated heterocycles. The van der Waals surface area contributed by atoms with E-state index in [1.54, 1.807) is 23.5 Å². The van der Waals surface area contributed by atoms with Crippen molar-refractivity contribution < 1.29 is 9.59 Å². The van der Waals surface area contributed by atoms with E-state index in [2.05, 4.69) is 44.8 Å². The largest absolute Gasteiger partial charge is 0.347 e. The predicted octanol–water partition coefficient (Wildman–Crippen LogP) is 7.27. The summed E-state index contributed by atoms with van der Waals surface area (Å²) in [5, 5.41) is 6.91. The number of hydrogen-bond acceptors (Lipinski definition) is 6. The lowest BCUT2D eigenvalue weighted by Gasteiger charge is -2.26. The van der Waals surface area contributed by atoms with Gasteiger partial charge in [0.25, 0.3) is 11.8 Å². The Hall–Kier alpha value is -3.46. The van der Waals surface area contributed by atoms with Gasteiger partial charge in [0, 0.05) is 32.0 Å². The molecule has 0 saturated carbocycles. The third-order valence-electron chi connectivity index (χ3n) is 7.66. The number of likely N-dealkylation sites (tertiary alicyclic amines) is 1. The summed E-state index contributed by atoms with van der Waals surface area (Å²) in [6.45, 7) is 4.18. The van der Waals surface area contributed by atoms with Gasteiger partial charge in [-0.15, -0.1) is 11.3 Å². The molecule has 0 atom stereocenters. The molecule has 2 amide bonds. The Kier molecular flexibility index (Phi) is 8.80. The van der Waals surface area contributed by atoms with E-state index in [4.69, 9.17) is 0 Å². The van der Waals surface area contributed by atoms with E-state index in [9.17, 15) is 9.59 Å². The lowest BCUT2D eigenvalue weighted by molar-refractivity contribution is 0.0949. The van der Waals surface area contributed by atoms with Gasteiger partial charge in [-0.05, 0) is 87.6 Å². The summed E-state index contributed by atoms with van der Waals surface area (Å²) in [6.07, 6.45) is 9.54. The van der Waals surface area contributed by atoms with Gasteiger partial charge in [-0.3, -0.25) is 9.59 Å². The molecule has 3 heterocycles. The lowest BCUT2D eigenvalue weighted by atomic mass is 10.1. The van der Waals surface area contributed by atoms with E-state index in [0.29, 0.717) is 23.4 Å². The molecule has 2 aliphatic rings. The highest BCUT2D eigenvalue weighted by Crippen LogP contribution is 2.39. The summed E-state index contributed by atoms with van der Waals surface area (Å²) in [4.78, 5) is 35.7. The number of thiazole rings is 1. The van der Waals surface area contributed by atoms with Gasteiger partial charge in [-0.2, -0.15) is 0 Å². The number of carbonyl (C=O) groups excluding carboxylic acids is 2. The number of anilines is 1. The summed E-state index contributed by atoms with van der Waals surface area (Å²) in [5.74, 6) is -0.351. The summed E-state index contributed by atoms with van der Waals surface area (Å²) >= 11 is 3.12. The average Bonchev–Trinajstić information content (AvgIpc) is 3.43. The van der Waals surface area contributed by atoms with Crippen molar-refractivity contribution in [3.8, 4) is 10.6 Å². The van der Waals surface area contributed by atoms with Crippen molar-refractivity contribution in [1.82, 2.24) is 15.2 Å². The standard InChI is InChI=1S/C33H34N4O2S2/c38-31(25-15-16-30-28(20-25)36-32(39)27-9-2-3-10-29(27)41-30)34-21-26-22-35-33(40-26)24-13-11-23(12-14-24)8-4-7-19-37-17-5-1-6-18-37/h2-3,9-16,20,22H,1,4-8,17-19,21H2,(H,34,38)(H,36,39). The Morgan fingerprint density at radius 2 is 1.78 bits per heavy atom. The molecule has 2 N–H and O–H groups in total. The van der Waals surface area contributed by atoms with E-state index < -0.39 is 0 Å². The van der Waals surface area contributed by atoms with Gasteiger partial charge in [0.2, 0.25) is 0 Å². The topological polar surface area (TPSA) is 74.3 Å². The first kappa shape index (κ1) is 27.7. The molecule has 6 nitrogen and oxygen atoms in total. The fourth-order valence-electron chi connectivity index (χ4n) is 5.36. The van der Waals surface area contributed by atoms with Crippen LogP contribution in [0.3, 0.4) is 0 Å². The van der Waals surface area contributed by atoms with Gasteiger partial charge >= 0.3 is 0 Å². The fraction of sp³-hybridized carbons (Fsp3) is 0.303. The van der Waals surface area contributed by atoms with Crippen LogP contribution in [0.1, 0.15) is 63.3 Å². The van der Waals surface area contributed by atoms with Crippen LogP contribution in [0.2, 0.25) is 0 Å². The molecule has 41 heavy (non-hydrogen) atoms. The maximum absolute atomic E-state index is 13.0. The summed E-state index contributed by atoms with van der Waals surface area (Å²) in [6, 6.07) is 21.7. The van der Waals surface area contributed by atoms with Gasteiger partial charge in [0.05, 0.1) is 17.8 Å². The van der Waals surface area contributed by atoms with Crippen molar-refractivity contribution >= 4 is 40.6 Å².